The fraction of sp³-hybridized carbons (Fsp3) is 0.442. The number of rotatable bonds is 8. The number of piperidine rings is 3. The lowest BCUT2D eigenvalue weighted by Crippen LogP contribution is -2.54. The van der Waals surface area contributed by atoms with Crippen molar-refractivity contribution in [2.45, 2.75) is 57.2 Å². The molecule has 18 heteroatoms. The molecule has 1 unspecified atom stereocenters. The Morgan fingerprint density at radius 1 is 0.836 bits per heavy atom. The number of carbonyl (C=O) groups is 6. The fourth-order valence-electron chi connectivity index (χ4n) is 9.84. The van der Waals surface area contributed by atoms with Crippen molar-refractivity contribution in [1.82, 2.24) is 34.6 Å². The summed E-state index contributed by atoms with van der Waals surface area (Å²) in [6.07, 6.45) is 8.49. The molecule has 0 aliphatic carbocycles. The average molecular weight is 849 g/mol. The molecule has 2 aromatic heterocycles. The van der Waals surface area contributed by atoms with Crippen molar-refractivity contribution in [1.29, 1.82) is 0 Å². The molecule has 4 aromatic rings. The molecule has 316 valence electrons. The maximum absolute atomic E-state index is 14.1. The van der Waals surface area contributed by atoms with Gasteiger partial charge in [-0.25, -0.2) is 9.50 Å². The van der Waals surface area contributed by atoms with Crippen molar-refractivity contribution in [2.24, 2.45) is 5.92 Å². The third kappa shape index (κ3) is 7.27. The van der Waals surface area contributed by atoms with Gasteiger partial charge < -0.3 is 29.7 Å². The number of hydrogen-bond donors (Lipinski definition) is 2. The number of benzene rings is 2. The van der Waals surface area contributed by atoms with Gasteiger partial charge in [-0.2, -0.15) is 5.10 Å². The summed E-state index contributed by atoms with van der Waals surface area (Å²) in [6.45, 7) is 7.27. The molecule has 0 spiro atoms. The van der Waals surface area contributed by atoms with Crippen molar-refractivity contribution in [2.75, 3.05) is 74.1 Å². The fourth-order valence-corrected chi connectivity index (χ4v) is 9.99. The maximum Gasteiger partial charge on any atom is 0.262 e. The second-order valence-corrected chi connectivity index (χ2v) is 17.2. The lowest BCUT2D eigenvalue weighted by molar-refractivity contribution is -0.136. The van der Waals surface area contributed by atoms with Crippen LogP contribution in [0, 0.1) is 5.92 Å². The zero-order valence-electron chi connectivity index (χ0n) is 33.5. The first-order chi connectivity index (χ1) is 29.6. The number of halogens is 1. The molecule has 0 saturated carbocycles. The van der Waals surface area contributed by atoms with Gasteiger partial charge in [-0.3, -0.25) is 39.0 Å². The Morgan fingerprint density at radius 3 is 2.38 bits per heavy atom. The quantitative estimate of drug-likeness (QED) is 0.248. The highest BCUT2D eigenvalue weighted by Gasteiger charge is 2.45. The van der Waals surface area contributed by atoms with Crippen molar-refractivity contribution < 1.29 is 33.5 Å². The summed E-state index contributed by atoms with van der Waals surface area (Å²) in [6, 6.07) is 8.33. The molecular weight excluding hydrogens is 804 g/mol. The van der Waals surface area contributed by atoms with Gasteiger partial charge in [0.05, 0.1) is 53.1 Å². The second kappa shape index (κ2) is 15.8. The van der Waals surface area contributed by atoms with Crippen LogP contribution in [-0.2, 0) is 20.9 Å². The van der Waals surface area contributed by atoms with Crippen LogP contribution in [0.5, 0.6) is 0 Å². The smallest absolute Gasteiger partial charge is 0.262 e. The number of nitrogens with zero attached hydrogens (tertiary/aromatic N) is 8. The highest BCUT2D eigenvalue weighted by atomic mass is 35.5. The standard InChI is InChI=1S/C43H45ClN10O7/c44-27-20-45-38-33(21-46-53(38)24-27)39(56)47-34-17-26-23-52(41(58)31(26)19-36(34)51-13-15-61-16-14-51)28-7-9-49(10-8-28)22-25-5-11-50(12-6-25)29-1-2-30-32(18-29)43(60)54(42(30)59)35-3-4-37(55)48-40(35)57/h1-2,17-21,24-25,28,35H,3-16,22-23H2,(H,47,56)(H,48,55,57). The van der Waals surface area contributed by atoms with Gasteiger partial charge in [0.2, 0.25) is 11.8 Å². The molecule has 17 nitrogen and oxygen atoms in total. The maximum atomic E-state index is 14.1. The zero-order chi connectivity index (χ0) is 41.9. The normalized spacial score (nSPS) is 21.7. The van der Waals surface area contributed by atoms with Gasteiger partial charge in [-0.05, 0) is 73.9 Å². The largest absolute Gasteiger partial charge is 0.378 e. The number of imide groups is 2. The predicted molar refractivity (Wildman–Crippen MR) is 223 cm³/mol. The van der Waals surface area contributed by atoms with Gasteiger partial charge in [0, 0.05) is 82.3 Å². The summed E-state index contributed by atoms with van der Waals surface area (Å²) in [5, 5.41) is 10.0. The van der Waals surface area contributed by atoms with Crippen LogP contribution in [0.25, 0.3) is 5.65 Å². The molecule has 2 aromatic carbocycles. The monoisotopic (exact) mass is 848 g/mol. The van der Waals surface area contributed by atoms with Crippen LogP contribution in [0.1, 0.15) is 85.5 Å². The number of morpholine rings is 1. The zero-order valence-corrected chi connectivity index (χ0v) is 34.2. The van der Waals surface area contributed by atoms with Gasteiger partial charge in [0.25, 0.3) is 23.6 Å². The molecule has 1 atom stereocenters. The minimum absolute atomic E-state index is 0.0261. The van der Waals surface area contributed by atoms with E-state index in [2.05, 4.69) is 35.4 Å². The molecule has 10 rings (SSSR count). The number of amides is 6. The number of carbonyl (C=O) groups excluding carboxylic acids is 6. The van der Waals surface area contributed by atoms with E-state index in [0.717, 1.165) is 80.2 Å². The second-order valence-electron chi connectivity index (χ2n) is 16.8. The first-order valence-electron chi connectivity index (χ1n) is 21.0. The van der Waals surface area contributed by atoms with Gasteiger partial charge in [0.1, 0.15) is 11.6 Å². The van der Waals surface area contributed by atoms with Crippen LogP contribution >= 0.6 is 11.6 Å². The van der Waals surface area contributed by atoms with E-state index in [-0.39, 0.29) is 36.3 Å². The summed E-state index contributed by atoms with van der Waals surface area (Å²) in [7, 11) is 0. The van der Waals surface area contributed by atoms with Gasteiger partial charge in [0.15, 0.2) is 5.65 Å². The number of aromatic nitrogens is 3. The summed E-state index contributed by atoms with van der Waals surface area (Å²) >= 11 is 6.09. The van der Waals surface area contributed by atoms with E-state index in [4.69, 9.17) is 16.3 Å². The SMILES string of the molecule is O=C1CCC(N2C(=O)c3ccc(N4CCC(CN5CCC(N6Cc7cc(NC(=O)c8cnn9cc(Cl)cnc89)c(N8CCOCC8)cc7C6=O)CC5)CC4)cc3C2=O)C(=O)N1. The molecule has 6 aliphatic heterocycles. The number of anilines is 3. The molecule has 6 aliphatic rings. The van der Waals surface area contributed by atoms with E-state index >= 15 is 0 Å². The number of likely N-dealkylation sites (tertiary alicyclic amines) is 1. The predicted octanol–water partition coefficient (Wildman–Crippen LogP) is 3.21. The minimum Gasteiger partial charge on any atom is -0.378 e. The molecule has 4 fully saturated rings. The van der Waals surface area contributed by atoms with E-state index in [1.165, 1.54) is 16.9 Å². The average Bonchev–Trinajstić information content (AvgIpc) is 3.91. The Balaban J connectivity index is 0.749. The molecule has 0 radical (unpaired) electrons. The van der Waals surface area contributed by atoms with Crippen LogP contribution in [0.15, 0.2) is 48.9 Å². The van der Waals surface area contributed by atoms with Crippen LogP contribution in [0.3, 0.4) is 0 Å². The van der Waals surface area contributed by atoms with Crippen LogP contribution in [-0.4, -0.2) is 136 Å². The highest BCUT2D eigenvalue weighted by molar-refractivity contribution is 6.30. The summed E-state index contributed by atoms with van der Waals surface area (Å²) in [5.41, 5.74) is 5.15. The van der Waals surface area contributed by atoms with Crippen LogP contribution < -0.4 is 20.4 Å². The topological polar surface area (TPSA) is 182 Å². The van der Waals surface area contributed by atoms with Gasteiger partial charge in [-0.15, -0.1) is 0 Å². The minimum atomic E-state index is -0.986. The third-order valence-electron chi connectivity index (χ3n) is 13.1. The Morgan fingerprint density at radius 2 is 1.61 bits per heavy atom. The molecule has 6 amide bonds. The van der Waals surface area contributed by atoms with Gasteiger partial charge >= 0.3 is 0 Å². The van der Waals surface area contributed by atoms with Gasteiger partial charge in [-0.1, -0.05) is 11.6 Å². The highest BCUT2D eigenvalue weighted by Crippen LogP contribution is 2.38. The Labute approximate surface area is 355 Å². The Bertz CT molecular complexity index is 2490. The van der Waals surface area contributed by atoms with Crippen LogP contribution in [0.2, 0.25) is 5.02 Å². The first-order valence-corrected chi connectivity index (χ1v) is 21.4. The van der Waals surface area contributed by atoms with Crippen molar-refractivity contribution in [3.05, 3.63) is 81.8 Å². The first kappa shape index (κ1) is 39.2. The third-order valence-corrected chi connectivity index (χ3v) is 13.3. The van der Waals surface area contributed by atoms with E-state index in [0.29, 0.717) is 71.8 Å². The van der Waals surface area contributed by atoms with Crippen molar-refractivity contribution >= 4 is 69.8 Å². The molecule has 8 heterocycles. The Kier molecular flexibility index (Phi) is 10.2. The lowest BCUT2D eigenvalue weighted by Gasteiger charge is -2.40. The van der Waals surface area contributed by atoms with Crippen molar-refractivity contribution in [3.8, 4) is 0 Å². The molecular formula is C43H45ClN10O7. The molecule has 2 N–H and O–H groups in total. The summed E-state index contributed by atoms with van der Waals surface area (Å²) in [4.78, 5) is 92.7. The van der Waals surface area contributed by atoms with E-state index in [9.17, 15) is 28.8 Å². The van der Waals surface area contributed by atoms with E-state index in [1.807, 2.05) is 23.1 Å². The Hall–Kier alpha value is -5.91. The van der Waals surface area contributed by atoms with Crippen LogP contribution in [0.4, 0.5) is 17.1 Å². The molecule has 4 saturated heterocycles. The number of fused-ring (bicyclic) bond motifs is 3. The van der Waals surface area contributed by atoms with Crippen molar-refractivity contribution in [3.63, 3.8) is 0 Å². The summed E-state index contributed by atoms with van der Waals surface area (Å²) < 4.78 is 7.09. The summed E-state index contributed by atoms with van der Waals surface area (Å²) in [5.74, 6) is -1.83. The number of hydrogen-bond acceptors (Lipinski definition) is 12. The molecule has 0 bridgehead atoms. The van der Waals surface area contributed by atoms with E-state index in [1.54, 1.807) is 18.3 Å². The number of ether oxygens (including phenoxy) is 1. The number of nitrogens with one attached hydrogen (secondary N) is 2. The molecule has 61 heavy (non-hydrogen) atoms. The lowest BCUT2D eigenvalue weighted by atomic mass is 9.94. The van der Waals surface area contributed by atoms with E-state index < -0.39 is 29.7 Å².